The first kappa shape index (κ1) is 18.0. The SMILES string of the molecule is CCCC(NC(=O)CC(c1nccn1C)C(F)(F)F)C(=O)O. The normalized spacial score (nSPS) is 14.4. The van der Waals surface area contributed by atoms with E-state index in [1.165, 1.54) is 24.0 Å². The van der Waals surface area contributed by atoms with E-state index in [-0.39, 0.29) is 12.2 Å². The highest BCUT2D eigenvalue weighted by Crippen LogP contribution is 2.36. The second kappa shape index (κ2) is 7.28. The quantitative estimate of drug-likeness (QED) is 0.802. The number of rotatable bonds is 7. The first-order valence-electron chi connectivity index (χ1n) is 6.72. The summed E-state index contributed by atoms with van der Waals surface area (Å²) in [7, 11) is 1.40. The van der Waals surface area contributed by atoms with Crippen LogP contribution in [0.4, 0.5) is 13.2 Å². The van der Waals surface area contributed by atoms with Crippen molar-refractivity contribution in [2.45, 2.75) is 44.3 Å². The third-order valence-electron chi connectivity index (χ3n) is 3.17. The number of aromatic nitrogens is 2. The van der Waals surface area contributed by atoms with Crippen LogP contribution in [0.5, 0.6) is 0 Å². The minimum atomic E-state index is -4.65. The van der Waals surface area contributed by atoms with Crippen LogP contribution in [0.1, 0.15) is 37.9 Å². The van der Waals surface area contributed by atoms with Crippen LogP contribution < -0.4 is 5.32 Å². The van der Waals surface area contributed by atoms with Gasteiger partial charge in [0.25, 0.3) is 0 Å². The standard InChI is InChI=1S/C13H18F3N3O3/c1-3-4-9(12(21)22)18-10(20)7-8(13(14,15)16)11-17-5-6-19(11)2/h5-6,8-9H,3-4,7H2,1-2H3,(H,18,20)(H,21,22). The molecule has 0 aliphatic heterocycles. The third-order valence-corrected chi connectivity index (χ3v) is 3.17. The number of carbonyl (C=O) groups excluding carboxylic acids is 1. The van der Waals surface area contributed by atoms with E-state index in [0.29, 0.717) is 6.42 Å². The molecule has 1 rings (SSSR count). The molecule has 2 unspecified atom stereocenters. The number of hydrogen-bond acceptors (Lipinski definition) is 3. The van der Waals surface area contributed by atoms with Gasteiger partial charge in [-0.3, -0.25) is 4.79 Å². The second-order valence-corrected chi connectivity index (χ2v) is 4.94. The number of carbonyl (C=O) groups is 2. The Kier molecular flexibility index (Phi) is 5.95. The molecular formula is C13H18F3N3O3. The maximum Gasteiger partial charge on any atom is 0.399 e. The van der Waals surface area contributed by atoms with Gasteiger partial charge in [-0.2, -0.15) is 13.2 Å². The Morgan fingerprint density at radius 3 is 2.50 bits per heavy atom. The molecule has 0 saturated carbocycles. The molecule has 0 aliphatic carbocycles. The second-order valence-electron chi connectivity index (χ2n) is 4.94. The molecule has 0 aliphatic rings. The number of carboxylic acid groups (broad SMARTS) is 1. The molecule has 0 saturated heterocycles. The van der Waals surface area contributed by atoms with Crippen molar-refractivity contribution in [1.82, 2.24) is 14.9 Å². The first-order chi connectivity index (χ1) is 10.2. The summed E-state index contributed by atoms with van der Waals surface area (Å²) >= 11 is 0. The Morgan fingerprint density at radius 2 is 2.09 bits per heavy atom. The lowest BCUT2D eigenvalue weighted by Gasteiger charge is -2.21. The van der Waals surface area contributed by atoms with Crippen LogP contribution >= 0.6 is 0 Å². The Morgan fingerprint density at radius 1 is 1.45 bits per heavy atom. The summed E-state index contributed by atoms with van der Waals surface area (Å²) in [5, 5.41) is 11.0. The zero-order valence-electron chi connectivity index (χ0n) is 12.2. The van der Waals surface area contributed by atoms with Crippen LogP contribution in [0.15, 0.2) is 12.4 Å². The van der Waals surface area contributed by atoms with Gasteiger partial charge >= 0.3 is 12.1 Å². The van der Waals surface area contributed by atoms with Crippen LogP contribution in [0.25, 0.3) is 0 Å². The molecule has 2 atom stereocenters. The minimum Gasteiger partial charge on any atom is -0.480 e. The van der Waals surface area contributed by atoms with Crippen molar-refractivity contribution >= 4 is 11.9 Å². The van der Waals surface area contributed by atoms with Crippen LogP contribution in [-0.2, 0) is 16.6 Å². The number of carboxylic acids is 1. The molecule has 124 valence electrons. The zero-order chi connectivity index (χ0) is 16.9. The van der Waals surface area contributed by atoms with Crippen molar-refractivity contribution < 1.29 is 27.9 Å². The third kappa shape index (κ3) is 4.74. The van der Waals surface area contributed by atoms with Gasteiger partial charge in [0.2, 0.25) is 5.91 Å². The summed E-state index contributed by atoms with van der Waals surface area (Å²) < 4.78 is 40.5. The maximum absolute atomic E-state index is 13.1. The number of hydrogen-bond donors (Lipinski definition) is 2. The topological polar surface area (TPSA) is 84.2 Å². The van der Waals surface area contributed by atoms with E-state index in [0.717, 1.165) is 0 Å². The van der Waals surface area contributed by atoms with Gasteiger partial charge in [-0.05, 0) is 6.42 Å². The molecule has 6 nitrogen and oxygen atoms in total. The zero-order valence-corrected chi connectivity index (χ0v) is 12.2. The van der Waals surface area contributed by atoms with E-state index < -0.39 is 36.4 Å². The van der Waals surface area contributed by atoms with E-state index in [9.17, 15) is 22.8 Å². The van der Waals surface area contributed by atoms with E-state index in [1.807, 2.05) is 0 Å². The molecule has 0 spiro atoms. The van der Waals surface area contributed by atoms with Gasteiger partial charge in [0.1, 0.15) is 17.8 Å². The molecular weight excluding hydrogens is 303 g/mol. The molecule has 0 fully saturated rings. The fourth-order valence-corrected chi connectivity index (χ4v) is 2.05. The number of nitrogens with one attached hydrogen (secondary N) is 1. The summed E-state index contributed by atoms with van der Waals surface area (Å²) in [5.74, 6) is -4.60. The molecule has 2 N–H and O–H groups in total. The Bertz CT molecular complexity index is 528. The number of imidazole rings is 1. The summed E-state index contributed by atoms with van der Waals surface area (Å²) in [4.78, 5) is 26.4. The first-order valence-corrected chi connectivity index (χ1v) is 6.72. The van der Waals surface area contributed by atoms with Crippen molar-refractivity contribution in [3.63, 3.8) is 0 Å². The van der Waals surface area contributed by atoms with Gasteiger partial charge in [0.05, 0.1) is 0 Å². The van der Waals surface area contributed by atoms with E-state index in [2.05, 4.69) is 10.3 Å². The fraction of sp³-hybridized carbons (Fsp3) is 0.615. The number of nitrogens with zero attached hydrogens (tertiary/aromatic N) is 2. The predicted octanol–water partition coefficient (Wildman–Crippen LogP) is 1.83. The highest BCUT2D eigenvalue weighted by Gasteiger charge is 2.44. The molecule has 1 aromatic heterocycles. The van der Waals surface area contributed by atoms with Gasteiger partial charge < -0.3 is 15.0 Å². The van der Waals surface area contributed by atoms with Crippen LogP contribution in [-0.4, -0.2) is 38.8 Å². The van der Waals surface area contributed by atoms with Crippen molar-refractivity contribution in [2.75, 3.05) is 0 Å². The fourth-order valence-electron chi connectivity index (χ4n) is 2.05. The summed E-state index contributed by atoms with van der Waals surface area (Å²) in [5.41, 5.74) is 0. The van der Waals surface area contributed by atoms with Gasteiger partial charge in [0.15, 0.2) is 0 Å². The number of alkyl halides is 3. The van der Waals surface area contributed by atoms with E-state index in [1.54, 1.807) is 6.92 Å². The molecule has 1 aromatic rings. The lowest BCUT2D eigenvalue weighted by atomic mass is 10.0. The molecule has 1 amide bonds. The molecule has 0 aromatic carbocycles. The Balaban J connectivity index is 2.85. The van der Waals surface area contributed by atoms with Crippen molar-refractivity contribution in [3.8, 4) is 0 Å². The molecule has 0 radical (unpaired) electrons. The number of halogens is 3. The Hall–Kier alpha value is -2.06. The van der Waals surface area contributed by atoms with Crippen molar-refractivity contribution in [1.29, 1.82) is 0 Å². The van der Waals surface area contributed by atoms with Crippen LogP contribution in [0.2, 0.25) is 0 Å². The predicted molar refractivity (Wildman–Crippen MR) is 71.1 cm³/mol. The maximum atomic E-state index is 13.1. The highest BCUT2D eigenvalue weighted by atomic mass is 19.4. The van der Waals surface area contributed by atoms with Gasteiger partial charge in [-0.25, -0.2) is 9.78 Å². The largest absolute Gasteiger partial charge is 0.480 e. The average Bonchev–Trinajstić information content (AvgIpc) is 2.80. The summed E-state index contributed by atoms with van der Waals surface area (Å²) in [6.45, 7) is 1.72. The smallest absolute Gasteiger partial charge is 0.399 e. The number of aryl methyl sites for hydroxylation is 1. The summed E-state index contributed by atoms with van der Waals surface area (Å²) in [6.07, 6.45) is -2.35. The molecule has 9 heteroatoms. The highest BCUT2D eigenvalue weighted by molar-refractivity contribution is 5.83. The number of aliphatic carboxylic acids is 1. The lowest BCUT2D eigenvalue weighted by molar-refractivity contribution is -0.159. The van der Waals surface area contributed by atoms with Crippen molar-refractivity contribution in [3.05, 3.63) is 18.2 Å². The van der Waals surface area contributed by atoms with Gasteiger partial charge in [0, 0.05) is 25.9 Å². The van der Waals surface area contributed by atoms with E-state index >= 15 is 0 Å². The van der Waals surface area contributed by atoms with E-state index in [4.69, 9.17) is 5.11 Å². The lowest BCUT2D eigenvalue weighted by Crippen LogP contribution is -2.42. The molecule has 22 heavy (non-hydrogen) atoms. The summed E-state index contributed by atoms with van der Waals surface area (Å²) in [6, 6.07) is -1.19. The Labute approximate surface area is 125 Å². The minimum absolute atomic E-state index is 0.153. The van der Waals surface area contributed by atoms with Gasteiger partial charge in [-0.15, -0.1) is 0 Å². The monoisotopic (exact) mass is 321 g/mol. The van der Waals surface area contributed by atoms with Gasteiger partial charge in [-0.1, -0.05) is 13.3 Å². The molecule has 1 heterocycles. The average molecular weight is 321 g/mol. The molecule has 0 bridgehead atoms. The van der Waals surface area contributed by atoms with Crippen LogP contribution in [0, 0.1) is 0 Å². The van der Waals surface area contributed by atoms with Crippen LogP contribution in [0.3, 0.4) is 0 Å². The number of amides is 1. The van der Waals surface area contributed by atoms with Crippen molar-refractivity contribution in [2.24, 2.45) is 7.05 Å².